The van der Waals surface area contributed by atoms with Crippen LogP contribution < -0.4 is 0 Å². The van der Waals surface area contributed by atoms with Crippen LogP contribution in [-0.2, 0) is 9.53 Å². The third kappa shape index (κ3) is 3.07. The van der Waals surface area contributed by atoms with Gasteiger partial charge in [-0.25, -0.2) is 4.79 Å². The highest BCUT2D eigenvalue weighted by Gasteiger charge is 1.80. The molecule has 0 heterocycles. The fraction of sp³-hybridized carbons (Fsp3) is 0.400. The van der Waals surface area contributed by atoms with Crippen molar-refractivity contribution in [1.29, 1.82) is 0 Å². The molecule has 0 aliphatic heterocycles. The molecule has 0 aromatic carbocycles. The summed E-state index contributed by atoms with van der Waals surface area (Å²) in [5.74, 6) is 1.57. The molecule has 1 radical (unpaired) electrons. The molecular weight excluding hydrogens is 92.1 g/mol. The maximum Gasteiger partial charge on any atom is 0.179 e. The van der Waals surface area contributed by atoms with Gasteiger partial charge >= 0.3 is 0 Å². The Bertz CT molecular complexity index is 90.3. The quantitative estimate of drug-likeness (QED) is 0.373. The van der Waals surface area contributed by atoms with E-state index in [-0.39, 0.29) is 5.76 Å². The Morgan fingerprint density at radius 3 is 2.71 bits per heavy atom. The first-order chi connectivity index (χ1) is 3.31. The second-order valence-corrected chi connectivity index (χ2v) is 0.958. The molecule has 39 valence electrons. The molecule has 7 heavy (non-hydrogen) atoms. The second-order valence-electron chi connectivity index (χ2n) is 0.958. The molecule has 0 saturated carbocycles. The number of hydrogen-bond acceptors (Lipinski definition) is 2. The van der Waals surface area contributed by atoms with Crippen LogP contribution in [0.3, 0.4) is 0 Å². The monoisotopic (exact) mass is 99.0 g/mol. The lowest BCUT2D eigenvalue weighted by Gasteiger charge is -1.92. The van der Waals surface area contributed by atoms with Crippen molar-refractivity contribution in [3.8, 4) is 0 Å². The van der Waals surface area contributed by atoms with Gasteiger partial charge in [0.05, 0.1) is 6.61 Å². The number of hydrogen-bond donors (Lipinski definition) is 0. The summed E-state index contributed by atoms with van der Waals surface area (Å²) in [5, 5.41) is 0. The zero-order valence-corrected chi connectivity index (χ0v) is 4.23. The molecule has 0 saturated heterocycles. The molecule has 0 atom stereocenters. The topological polar surface area (TPSA) is 26.3 Å². The van der Waals surface area contributed by atoms with Crippen molar-refractivity contribution in [3.05, 3.63) is 12.7 Å². The second kappa shape index (κ2) is 3.44. The zero-order chi connectivity index (χ0) is 5.70. The van der Waals surface area contributed by atoms with Crippen LogP contribution in [0, 0.1) is 6.92 Å². The summed E-state index contributed by atoms with van der Waals surface area (Å²) < 4.78 is 4.57. The van der Waals surface area contributed by atoms with Crippen LogP contribution in [0.5, 0.6) is 0 Å². The number of ether oxygens (including phenoxy) is 1. The van der Waals surface area contributed by atoms with Crippen molar-refractivity contribution < 1.29 is 9.53 Å². The fourth-order valence-corrected chi connectivity index (χ4v) is 0.204. The van der Waals surface area contributed by atoms with Crippen molar-refractivity contribution in [3.63, 3.8) is 0 Å². The van der Waals surface area contributed by atoms with E-state index in [0.29, 0.717) is 6.61 Å². The normalized spacial score (nSPS) is 7.14. The van der Waals surface area contributed by atoms with E-state index in [1.54, 1.807) is 6.92 Å². The standard InChI is InChI=1S/C5H7O2/c1-3-7-5(2)4-6/h2-3H2,1H3. The molecule has 0 aliphatic carbocycles. The van der Waals surface area contributed by atoms with Crippen LogP contribution in [-0.4, -0.2) is 12.5 Å². The average Bonchev–Trinajstić information content (AvgIpc) is 1.68. The van der Waals surface area contributed by atoms with Crippen LogP contribution in [0.15, 0.2) is 5.76 Å². The lowest BCUT2D eigenvalue weighted by atomic mass is 10.6. The predicted octanol–water partition coefficient (Wildman–Crippen LogP) is 0.572. The van der Waals surface area contributed by atoms with E-state index in [2.05, 4.69) is 11.7 Å². The van der Waals surface area contributed by atoms with E-state index in [9.17, 15) is 4.79 Å². The van der Waals surface area contributed by atoms with Gasteiger partial charge in [-0.1, -0.05) is 0 Å². The summed E-state index contributed by atoms with van der Waals surface area (Å²) in [6.07, 6.45) is 0. The predicted molar refractivity (Wildman–Crippen MR) is 26.2 cm³/mol. The lowest BCUT2D eigenvalue weighted by molar-refractivity contribution is 0.244. The maximum atomic E-state index is 9.55. The molecule has 0 aliphatic rings. The van der Waals surface area contributed by atoms with Gasteiger partial charge in [0.25, 0.3) is 0 Å². The minimum atomic E-state index is 0.0718. The van der Waals surface area contributed by atoms with Gasteiger partial charge in [0.15, 0.2) is 11.7 Å². The molecule has 0 amide bonds. The largest absolute Gasteiger partial charge is 0.487 e. The van der Waals surface area contributed by atoms with E-state index >= 15 is 0 Å². The minimum Gasteiger partial charge on any atom is -0.487 e. The summed E-state index contributed by atoms with van der Waals surface area (Å²) in [7, 11) is 0. The Hall–Kier alpha value is -0.750. The number of allylic oxidation sites excluding steroid dienone is 1. The van der Waals surface area contributed by atoms with Crippen molar-refractivity contribution in [2.75, 3.05) is 6.61 Å². The first kappa shape index (κ1) is 6.25. The maximum absolute atomic E-state index is 9.55. The van der Waals surface area contributed by atoms with Gasteiger partial charge in [-0.2, -0.15) is 0 Å². The van der Waals surface area contributed by atoms with Gasteiger partial charge in [-0.3, -0.25) is 0 Å². The summed E-state index contributed by atoms with van der Waals surface area (Å²) in [6, 6.07) is 0. The number of carbonyl (C=O) groups excluding carboxylic acids is 1. The van der Waals surface area contributed by atoms with Crippen LogP contribution >= 0.6 is 0 Å². The summed E-state index contributed by atoms with van der Waals surface area (Å²) in [5.41, 5.74) is 0. The molecule has 0 aromatic heterocycles. The van der Waals surface area contributed by atoms with Gasteiger partial charge in [-0.05, 0) is 6.92 Å². The fourth-order valence-electron chi connectivity index (χ4n) is 0.204. The van der Waals surface area contributed by atoms with E-state index in [4.69, 9.17) is 0 Å². The summed E-state index contributed by atoms with van der Waals surface area (Å²) in [6.45, 7) is 5.48. The Morgan fingerprint density at radius 1 is 2.00 bits per heavy atom. The zero-order valence-electron chi connectivity index (χ0n) is 4.23. The minimum absolute atomic E-state index is 0.0718. The van der Waals surface area contributed by atoms with E-state index < -0.39 is 0 Å². The molecule has 0 bridgehead atoms. The molecule has 2 heteroatoms. The van der Waals surface area contributed by atoms with Crippen LogP contribution in [0.1, 0.15) is 6.92 Å². The van der Waals surface area contributed by atoms with Gasteiger partial charge in [0, 0.05) is 6.92 Å². The third-order valence-electron chi connectivity index (χ3n) is 0.432. The molecule has 0 aromatic rings. The van der Waals surface area contributed by atoms with Gasteiger partial charge < -0.3 is 4.74 Å². The van der Waals surface area contributed by atoms with Gasteiger partial charge in [0.1, 0.15) is 0 Å². The van der Waals surface area contributed by atoms with Crippen molar-refractivity contribution in [1.82, 2.24) is 0 Å². The highest BCUT2D eigenvalue weighted by atomic mass is 16.5. The van der Waals surface area contributed by atoms with Crippen molar-refractivity contribution in [2.24, 2.45) is 0 Å². The smallest absolute Gasteiger partial charge is 0.179 e. The first-order valence-electron chi connectivity index (χ1n) is 2.01. The Balaban J connectivity index is 3.37. The molecule has 2 nitrogen and oxygen atoms in total. The lowest BCUT2D eigenvalue weighted by Crippen LogP contribution is -1.85. The van der Waals surface area contributed by atoms with Gasteiger partial charge in [0.2, 0.25) is 0 Å². The average molecular weight is 99.1 g/mol. The van der Waals surface area contributed by atoms with Crippen LogP contribution in [0.4, 0.5) is 0 Å². The molecule has 0 unspecified atom stereocenters. The van der Waals surface area contributed by atoms with Crippen LogP contribution in [0.25, 0.3) is 0 Å². The van der Waals surface area contributed by atoms with Crippen molar-refractivity contribution >= 4 is 5.94 Å². The first-order valence-corrected chi connectivity index (χ1v) is 2.01. The Morgan fingerprint density at radius 2 is 2.57 bits per heavy atom. The molecule has 0 fully saturated rings. The van der Waals surface area contributed by atoms with Crippen molar-refractivity contribution in [2.45, 2.75) is 6.92 Å². The highest BCUT2D eigenvalue weighted by molar-refractivity contribution is 5.50. The van der Waals surface area contributed by atoms with E-state index in [1.165, 1.54) is 5.94 Å². The molecule has 0 rings (SSSR count). The van der Waals surface area contributed by atoms with E-state index in [1.807, 2.05) is 0 Å². The summed E-state index contributed by atoms with van der Waals surface area (Å²) in [4.78, 5) is 9.55. The molecule has 0 N–H and O–H groups in total. The van der Waals surface area contributed by atoms with Gasteiger partial charge in [-0.15, -0.1) is 0 Å². The molecule has 0 spiro atoms. The Labute approximate surface area is 42.8 Å². The SMILES string of the molecule is [CH2]C(=C=O)OCC. The summed E-state index contributed by atoms with van der Waals surface area (Å²) >= 11 is 0. The van der Waals surface area contributed by atoms with E-state index in [0.717, 1.165) is 0 Å². The highest BCUT2D eigenvalue weighted by Crippen LogP contribution is 1.83. The molecular formula is C5H7O2. The third-order valence-corrected chi connectivity index (χ3v) is 0.432. The number of rotatable bonds is 2. The Kier molecular flexibility index (Phi) is 3.07. The van der Waals surface area contributed by atoms with Crippen LogP contribution in [0.2, 0.25) is 0 Å².